The molecule has 0 spiro atoms. The second-order valence-electron chi connectivity index (χ2n) is 15.9. The third kappa shape index (κ3) is 4.34. The van der Waals surface area contributed by atoms with Crippen molar-refractivity contribution in [3.8, 4) is 0 Å². The van der Waals surface area contributed by atoms with Gasteiger partial charge < -0.3 is 19.7 Å². The van der Waals surface area contributed by atoms with Crippen LogP contribution in [0.25, 0.3) is 10.9 Å². The summed E-state index contributed by atoms with van der Waals surface area (Å²) < 4.78 is 5.54. The highest BCUT2D eigenvalue weighted by Gasteiger charge is 2.57. The maximum atomic E-state index is 13.7. The van der Waals surface area contributed by atoms with Gasteiger partial charge in [0, 0.05) is 65.7 Å². The topological polar surface area (TPSA) is 81.2 Å². The number of aromatic nitrogens is 1. The molecule has 2 aliphatic carbocycles. The van der Waals surface area contributed by atoms with E-state index in [2.05, 4.69) is 78.1 Å². The van der Waals surface area contributed by atoms with Crippen LogP contribution >= 0.6 is 0 Å². The Morgan fingerprint density at radius 3 is 2.72 bits per heavy atom. The van der Waals surface area contributed by atoms with Crippen molar-refractivity contribution >= 4 is 28.3 Å². The lowest BCUT2D eigenvalue weighted by Crippen LogP contribution is -2.58. The Morgan fingerprint density at radius 2 is 1.91 bits per heavy atom. The summed E-state index contributed by atoms with van der Waals surface area (Å²) >= 11 is 0. The molecule has 5 fully saturated rings. The fourth-order valence-electron chi connectivity index (χ4n) is 11.7. The SMILES string of the molecule is CC[C@@H]1CN(C)[C@@H]2Cc3c([nH]c4ccccc34)[C@H](c3ccc4c(c3)N=C3[C@@H]5C[C@H]6C[C@H](CC)[C@@H]5N(CC[C@@]34O)C6)C[C@H]1[C@H]2C(=O)OC. The Labute approximate surface area is 278 Å². The number of carbonyl (C=O) groups is 1. The minimum absolute atomic E-state index is 0.0732. The molecule has 6 bridgehead atoms. The van der Waals surface area contributed by atoms with Gasteiger partial charge in [0.15, 0.2) is 0 Å². The van der Waals surface area contributed by atoms with Crippen LogP contribution in [0, 0.1) is 35.5 Å². The van der Waals surface area contributed by atoms with Gasteiger partial charge in [0.05, 0.1) is 24.4 Å². The van der Waals surface area contributed by atoms with E-state index in [1.165, 1.54) is 41.6 Å². The number of fused-ring (bicyclic) bond motifs is 9. The number of H-pyrrole nitrogens is 1. The summed E-state index contributed by atoms with van der Waals surface area (Å²) in [5, 5.41) is 13.8. The molecule has 2 N–H and O–H groups in total. The number of hydrogen-bond donors (Lipinski definition) is 2. The third-order valence-electron chi connectivity index (χ3n) is 13.9. The van der Waals surface area contributed by atoms with Crippen LogP contribution in [0.15, 0.2) is 47.5 Å². The van der Waals surface area contributed by atoms with E-state index in [1.807, 2.05) is 0 Å². The van der Waals surface area contributed by atoms with Crippen molar-refractivity contribution in [2.24, 2.45) is 40.5 Å². The molecule has 0 radical (unpaired) electrons. The fourth-order valence-corrected chi connectivity index (χ4v) is 11.7. The summed E-state index contributed by atoms with van der Waals surface area (Å²) in [7, 11) is 3.75. The highest BCUT2D eigenvalue weighted by molar-refractivity contribution is 6.02. The van der Waals surface area contributed by atoms with E-state index in [9.17, 15) is 9.90 Å². The molecule has 1 saturated carbocycles. The number of ether oxygens (including phenoxy) is 1. The van der Waals surface area contributed by atoms with Gasteiger partial charge >= 0.3 is 5.97 Å². The first-order chi connectivity index (χ1) is 22.8. The zero-order valence-electron chi connectivity index (χ0n) is 28.4. The van der Waals surface area contributed by atoms with Gasteiger partial charge in [-0.2, -0.15) is 0 Å². The second-order valence-corrected chi connectivity index (χ2v) is 15.9. The molecule has 11 atom stereocenters. The molecule has 10 rings (SSSR count). The number of methoxy groups -OCH3 is 1. The number of aliphatic hydroxyl groups is 1. The predicted molar refractivity (Wildman–Crippen MR) is 185 cm³/mol. The number of esters is 1. The van der Waals surface area contributed by atoms with Crippen LogP contribution in [0.3, 0.4) is 0 Å². The van der Waals surface area contributed by atoms with Gasteiger partial charge in [-0.05, 0) is 86.1 Å². The number of piperidine rings is 3. The van der Waals surface area contributed by atoms with E-state index < -0.39 is 5.60 Å². The number of nitrogens with one attached hydrogen (secondary N) is 1. The second kappa shape index (κ2) is 11.0. The normalized spacial score (nSPS) is 38.9. The number of aromatic amines is 1. The molecule has 248 valence electrons. The molecule has 1 aromatic heterocycles. The summed E-state index contributed by atoms with van der Waals surface area (Å²) in [5.41, 5.74) is 7.00. The number of nitrogens with zero attached hydrogens (tertiary/aromatic N) is 3. The summed E-state index contributed by atoms with van der Waals surface area (Å²) in [5.74, 6) is 2.20. The highest BCUT2D eigenvalue weighted by atomic mass is 16.5. The van der Waals surface area contributed by atoms with Gasteiger partial charge in [0.25, 0.3) is 0 Å². The molecule has 7 nitrogen and oxygen atoms in total. The fraction of sp³-hybridized carbons (Fsp3) is 0.600. The van der Waals surface area contributed by atoms with Crippen LogP contribution in [-0.2, 0) is 21.6 Å². The smallest absolute Gasteiger partial charge is 0.310 e. The minimum atomic E-state index is -0.978. The average Bonchev–Trinajstić information content (AvgIpc) is 3.57. The standard InChI is InChI=1S/C40H50N4O3/c1-5-23-15-22-16-30-37(23)44(20-22)14-13-40(46)31-12-11-25(17-33(31)42-38(30)40)28-18-27-24(6-2)21-43(3)34(35(27)39(45)47-4)19-29-26-9-7-8-10-32(26)41-36(28)29/h7-12,17,22-24,27-28,30,34-35,37,41,46H,5-6,13-16,18-21H2,1-4H3/t22-,23+,24-,27-,28+,30-,34-,35-,37+,40+/m1/s1. The predicted octanol–water partition coefficient (Wildman–Crippen LogP) is 6.41. The first-order valence-corrected chi connectivity index (χ1v) is 18.4. The van der Waals surface area contributed by atoms with E-state index in [-0.39, 0.29) is 29.8 Å². The molecule has 3 aromatic rings. The van der Waals surface area contributed by atoms with Crippen LogP contribution in [-0.4, -0.2) is 77.4 Å². The molecule has 6 heterocycles. The first kappa shape index (κ1) is 30.1. The highest BCUT2D eigenvalue weighted by Crippen LogP contribution is 2.55. The van der Waals surface area contributed by atoms with Crippen LogP contribution in [0.5, 0.6) is 0 Å². The van der Waals surface area contributed by atoms with E-state index in [1.54, 1.807) is 7.11 Å². The van der Waals surface area contributed by atoms with Crippen molar-refractivity contribution in [3.63, 3.8) is 0 Å². The maximum Gasteiger partial charge on any atom is 0.310 e. The average molecular weight is 635 g/mol. The first-order valence-electron chi connectivity index (χ1n) is 18.4. The van der Waals surface area contributed by atoms with Crippen molar-refractivity contribution in [1.82, 2.24) is 14.8 Å². The number of hydrogen-bond acceptors (Lipinski definition) is 6. The summed E-state index contributed by atoms with van der Waals surface area (Å²) in [6.07, 6.45) is 7.13. The van der Waals surface area contributed by atoms with Crippen LogP contribution in [0.1, 0.15) is 80.7 Å². The zero-order chi connectivity index (χ0) is 32.2. The molecule has 5 aliphatic heterocycles. The molecule has 2 aromatic carbocycles. The van der Waals surface area contributed by atoms with Crippen LogP contribution in [0.4, 0.5) is 5.69 Å². The largest absolute Gasteiger partial charge is 0.469 e. The molecular formula is C40H50N4O3. The summed E-state index contributed by atoms with van der Waals surface area (Å²) in [6.45, 7) is 7.73. The molecule has 0 amide bonds. The Hall–Kier alpha value is -3.00. The van der Waals surface area contributed by atoms with Crippen LogP contribution in [0.2, 0.25) is 0 Å². The van der Waals surface area contributed by atoms with Gasteiger partial charge in [-0.3, -0.25) is 14.7 Å². The number of likely N-dealkylation sites (N-methyl/N-ethyl adjacent to an activating group) is 1. The summed E-state index contributed by atoms with van der Waals surface area (Å²) in [4.78, 5) is 28.1. The minimum Gasteiger partial charge on any atom is -0.469 e. The molecule has 4 saturated heterocycles. The number of carbonyl (C=O) groups excluding carboxylic acids is 1. The van der Waals surface area contributed by atoms with Crippen molar-refractivity contribution < 1.29 is 14.6 Å². The van der Waals surface area contributed by atoms with E-state index in [0.29, 0.717) is 29.7 Å². The molecule has 47 heavy (non-hydrogen) atoms. The Kier molecular flexibility index (Phi) is 7.05. The van der Waals surface area contributed by atoms with E-state index in [4.69, 9.17) is 9.73 Å². The number of para-hydroxylation sites is 1. The van der Waals surface area contributed by atoms with E-state index in [0.717, 1.165) is 67.7 Å². The Morgan fingerprint density at radius 1 is 1.09 bits per heavy atom. The Balaban J connectivity index is 1.18. The van der Waals surface area contributed by atoms with Gasteiger partial charge in [0.1, 0.15) is 5.60 Å². The number of likely N-dealkylation sites (tertiary alicyclic amines) is 1. The molecular weight excluding hydrogens is 584 g/mol. The van der Waals surface area contributed by atoms with Crippen LogP contribution < -0.4 is 0 Å². The summed E-state index contributed by atoms with van der Waals surface area (Å²) in [6, 6.07) is 16.0. The lowest BCUT2D eigenvalue weighted by molar-refractivity contribution is -0.155. The quantitative estimate of drug-likeness (QED) is 0.325. The van der Waals surface area contributed by atoms with Gasteiger partial charge in [-0.15, -0.1) is 0 Å². The number of aliphatic imine (C=N–C) groups is 1. The van der Waals surface area contributed by atoms with Gasteiger partial charge in [-0.1, -0.05) is 57.0 Å². The number of rotatable bonds is 4. The Bertz CT molecular complexity index is 1760. The maximum absolute atomic E-state index is 13.7. The number of benzene rings is 2. The third-order valence-corrected chi connectivity index (χ3v) is 13.9. The molecule has 7 heteroatoms. The van der Waals surface area contributed by atoms with Gasteiger partial charge in [-0.25, -0.2) is 0 Å². The van der Waals surface area contributed by atoms with Crippen molar-refractivity contribution in [3.05, 3.63) is 64.8 Å². The van der Waals surface area contributed by atoms with Crippen molar-refractivity contribution in [2.45, 2.75) is 82.4 Å². The zero-order valence-corrected chi connectivity index (χ0v) is 28.4. The lowest BCUT2D eigenvalue weighted by atomic mass is 9.63. The van der Waals surface area contributed by atoms with Crippen molar-refractivity contribution in [2.75, 3.05) is 33.8 Å². The molecule has 7 aliphatic rings. The van der Waals surface area contributed by atoms with Gasteiger partial charge in [0.2, 0.25) is 0 Å². The lowest BCUT2D eigenvalue weighted by Gasteiger charge is -2.53. The van der Waals surface area contributed by atoms with E-state index >= 15 is 0 Å². The van der Waals surface area contributed by atoms with Crippen molar-refractivity contribution in [1.29, 1.82) is 0 Å². The molecule has 1 unspecified atom stereocenters. The monoisotopic (exact) mass is 634 g/mol.